The second kappa shape index (κ2) is 12.2. The molecule has 1 aliphatic heterocycles. The Bertz CT molecular complexity index is 1370. The Morgan fingerprint density at radius 1 is 1.20 bits per heavy atom. The molecule has 212 valence electrons. The number of hydrogen-bond donors (Lipinski definition) is 3. The summed E-state index contributed by atoms with van der Waals surface area (Å²) in [6, 6.07) is 7.32. The van der Waals surface area contributed by atoms with E-state index in [2.05, 4.69) is 35.9 Å². The first-order chi connectivity index (χ1) is 19.1. The van der Waals surface area contributed by atoms with Gasteiger partial charge in [0.05, 0.1) is 25.7 Å². The number of ether oxygens (including phenoxy) is 1. The maximum Gasteiger partial charge on any atom is 0.318 e. The number of anilines is 1. The fraction of sp³-hybridized carbons (Fsp3) is 0.385. The Labute approximate surface area is 228 Å². The molecular weight excluding hydrogens is 528 g/mol. The van der Waals surface area contributed by atoms with Crippen molar-refractivity contribution >= 4 is 23.7 Å². The number of nitrogens with one attached hydrogen (secondary N) is 3. The van der Waals surface area contributed by atoms with Crippen LogP contribution in [0, 0.1) is 6.92 Å². The number of carbonyl (C=O) groups is 3. The summed E-state index contributed by atoms with van der Waals surface area (Å²) in [6.45, 7) is 2.04. The van der Waals surface area contributed by atoms with Crippen molar-refractivity contribution in [3.8, 4) is 0 Å². The second-order valence-corrected chi connectivity index (χ2v) is 9.31. The van der Waals surface area contributed by atoms with E-state index in [1.165, 1.54) is 19.4 Å². The molecule has 3 heterocycles. The minimum atomic E-state index is -3.12. The Kier molecular flexibility index (Phi) is 8.67. The maximum atomic E-state index is 14.1. The van der Waals surface area contributed by atoms with Gasteiger partial charge in [-0.15, -0.1) is 0 Å². The van der Waals surface area contributed by atoms with Crippen LogP contribution in [0.5, 0.6) is 0 Å². The van der Waals surface area contributed by atoms with Crippen LogP contribution in [-0.4, -0.2) is 70.8 Å². The van der Waals surface area contributed by atoms with E-state index in [4.69, 9.17) is 4.74 Å². The highest BCUT2D eigenvalue weighted by atomic mass is 19.3. The Morgan fingerprint density at radius 3 is 2.65 bits per heavy atom. The van der Waals surface area contributed by atoms with Crippen molar-refractivity contribution in [3.05, 3.63) is 70.7 Å². The van der Waals surface area contributed by atoms with E-state index in [0.717, 1.165) is 10.5 Å². The number of aryl methyl sites for hydroxylation is 2. The fourth-order valence-electron chi connectivity index (χ4n) is 4.25. The molecule has 0 bridgehead atoms. The predicted octanol–water partition coefficient (Wildman–Crippen LogP) is 2.79. The van der Waals surface area contributed by atoms with Gasteiger partial charge in [0.1, 0.15) is 17.6 Å². The first kappa shape index (κ1) is 28.5. The molecule has 3 aromatic rings. The number of rotatable bonds is 10. The normalized spacial score (nSPS) is 16.1. The first-order valence-electron chi connectivity index (χ1n) is 12.5. The summed E-state index contributed by atoms with van der Waals surface area (Å²) in [6.07, 6.45) is 1.77. The van der Waals surface area contributed by atoms with Gasteiger partial charge in [0.15, 0.2) is 5.69 Å². The summed E-state index contributed by atoms with van der Waals surface area (Å²) < 4.78 is 38.1. The molecule has 40 heavy (non-hydrogen) atoms. The van der Waals surface area contributed by atoms with Gasteiger partial charge in [-0.05, 0) is 41.8 Å². The van der Waals surface area contributed by atoms with Crippen molar-refractivity contribution in [2.45, 2.75) is 38.3 Å². The van der Waals surface area contributed by atoms with Crippen LogP contribution in [0.2, 0.25) is 0 Å². The lowest BCUT2D eigenvalue weighted by Crippen LogP contribution is -2.58. The number of alkyl halides is 2. The number of halogens is 2. The molecule has 12 nitrogen and oxygen atoms in total. The molecule has 0 saturated carbocycles. The van der Waals surface area contributed by atoms with Crippen molar-refractivity contribution in [1.29, 1.82) is 0 Å². The van der Waals surface area contributed by atoms with Crippen LogP contribution in [0.3, 0.4) is 0 Å². The third-order valence-electron chi connectivity index (χ3n) is 6.34. The van der Waals surface area contributed by atoms with Crippen LogP contribution in [0.4, 0.5) is 19.4 Å². The summed E-state index contributed by atoms with van der Waals surface area (Å²) in [5, 5.41) is 14.9. The van der Waals surface area contributed by atoms with E-state index in [1.54, 1.807) is 37.3 Å². The summed E-state index contributed by atoms with van der Waals surface area (Å²) in [5.74, 6) is -4.32. The SMILES string of the molecule is CCc1nonc1C(=O)N[C@H](C(=O)Nc1cc([C@@H](COC)N2CC(F)(F)CNC2=O)ccn1)c1ccc(C)cc1. The third kappa shape index (κ3) is 6.57. The van der Waals surface area contributed by atoms with Crippen LogP contribution in [0.25, 0.3) is 0 Å². The number of amides is 4. The average Bonchev–Trinajstić information content (AvgIpc) is 3.42. The average molecular weight is 558 g/mol. The van der Waals surface area contributed by atoms with Gasteiger partial charge < -0.3 is 25.6 Å². The molecule has 0 radical (unpaired) electrons. The van der Waals surface area contributed by atoms with Gasteiger partial charge in [0.2, 0.25) is 0 Å². The van der Waals surface area contributed by atoms with Gasteiger partial charge in [-0.2, -0.15) is 0 Å². The minimum Gasteiger partial charge on any atom is -0.382 e. The van der Waals surface area contributed by atoms with Crippen molar-refractivity contribution in [1.82, 2.24) is 30.8 Å². The first-order valence-corrected chi connectivity index (χ1v) is 12.5. The molecule has 0 aliphatic carbocycles. The minimum absolute atomic E-state index is 0.0356. The molecule has 3 N–H and O–H groups in total. The molecule has 1 saturated heterocycles. The van der Waals surface area contributed by atoms with Crippen LogP contribution < -0.4 is 16.0 Å². The molecule has 1 fully saturated rings. The van der Waals surface area contributed by atoms with Crippen LogP contribution in [0.1, 0.15) is 51.9 Å². The highest BCUT2D eigenvalue weighted by Gasteiger charge is 2.42. The van der Waals surface area contributed by atoms with Gasteiger partial charge in [-0.3, -0.25) is 9.59 Å². The van der Waals surface area contributed by atoms with E-state index in [9.17, 15) is 23.2 Å². The van der Waals surface area contributed by atoms with E-state index in [1.807, 2.05) is 6.92 Å². The maximum absolute atomic E-state index is 14.1. The molecule has 0 unspecified atom stereocenters. The Balaban J connectivity index is 1.59. The van der Waals surface area contributed by atoms with Crippen LogP contribution in [-0.2, 0) is 16.0 Å². The molecule has 2 atom stereocenters. The molecule has 1 aromatic carbocycles. The second-order valence-electron chi connectivity index (χ2n) is 9.31. The largest absolute Gasteiger partial charge is 0.382 e. The zero-order chi connectivity index (χ0) is 28.9. The van der Waals surface area contributed by atoms with Gasteiger partial charge in [0, 0.05) is 13.3 Å². The zero-order valence-corrected chi connectivity index (χ0v) is 22.1. The molecule has 1 aliphatic rings. The lowest BCUT2D eigenvalue weighted by molar-refractivity contribution is -0.118. The summed E-state index contributed by atoms with van der Waals surface area (Å²) in [5.41, 5.74) is 2.16. The molecule has 14 heteroatoms. The smallest absolute Gasteiger partial charge is 0.318 e. The molecule has 4 rings (SSSR count). The van der Waals surface area contributed by atoms with E-state index in [-0.39, 0.29) is 18.1 Å². The molecule has 2 aromatic heterocycles. The fourth-order valence-corrected chi connectivity index (χ4v) is 4.25. The summed E-state index contributed by atoms with van der Waals surface area (Å²) in [7, 11) is 1.39. The zero-order valence-electron chi connectivity index (χ0n) is 22.1. The number of hydrogen-bond acceptors (Lipinski definition) is 8. The number of urea groups is 1. The molecular formula is C26H29F2N7O5. The number of pyridine rings is 1. The van der Waals surface area contributed by atoms with Gasteiger partial charge in [-0.25, -0.2) is 23.2 Å². The quantitative estimate of drug-likeness (QED) is 0.344. The number of nitrogens with zero attached hydrogens (tertiary/aromatic N) is 4. The standard InChI is InChI=1S/C26H29F2N7O5/c1-4-18-22(34-40-33-18)24(37)32-21(16-7-5-15(2)6-8-16)23(36)31-20-11-17(9-10-29-20)19(12-39-3)35-14-26(27,28)13-30-25(35)38/h5-11,19,21H,4,12-14H2,1-3H3,(H,30,38)(H,32,37)(H,29,31,36)/t19-,21+/m1/s1. The van der Waals surface area contributed by atoms with E-state index >= 15 is 0 Å². The summed E-state index contributed by atoms with van der Waals surface area (Å²) in [4.78, 5) is 44.1. The van der Waals surface area contributed by atoms with E-state index < -0.39 is 48.9 Å². The van der Waals surface area contributed by atoms with Gasteiger partial charge >= 0.3 is 6.03 Å². The van der Waals surface area contributed by atoms with Crippen LogP contribution >= 0.6 is 0 Å². The third-order valence-corrected chi connectivity index (χ3v) is 6.34. The number of benzene rings is 1. The highest BCUT2D eigenvalue weighted by molar-refractivity contribution is 6.01. The van der Waals surface area contributed by atoms with Crippen molar-refractivity contribution in [2.75, 3.05) is 32.1 Å². The van der Waals surface area contributed by atoms with E-state index in [0.29, 0.717) is 23.2 Å². The monoisotopic (exact) mass is 557 g/mol. The summed E-state index contributed by atoms with van der Waals surface area (Å²) >= 11 is 0. The van der Waals surface area contributed by atoms with Gasteiger partial charge in [-0.1, -0.05) is 41.9 Å². The lowest BCUT2D eigenvalue weighted by atomic mass is 10.0. The van der Waals surface area contributed by atoms with Crippen molar-refractivity contribution in [2.24, 2.45) is 0 Å². The van der Waals surface area contributed by atoms with Gasteiger partial charge in [0.25, 0.3) is 17.7 Å². The number of aromatic nitrogens is 3. The molecule has 0 spiro atoms. The number of methoxy groups -OCH3 is 1. The highest BCUT2D eigenvalue weighted by Crippen LogP contribution is 2.29. The Hall–Kier alpha value is -4.46. The lowest BCUT2D eigenvalue weighted by Gasteiger charge is -2.38. The topological polar surface area (TPSA) is 152 Å². The number of carbonyl (C=O) groups excluding carboxylic acids is 3. The van der Waals surface area contributed by atoms with Crippen LogP contribution in [0.15, 0.2) is 47.2 Å². The predicted molar refractivity (Wildman–Crippen MR) is 138 cm³/mol. The Morgan fingerprint density at radius 2 is 1.95 bits per heavy atom. The molecule has 4 amide bonds. The van der Waals surface area contributed by atoms with Crippen molar-refractivity contribution < 1.29 is 32.5 Å². The van der Waals surface area contributed by atoms with Crippen molar-refractivity contribution in [3.63, 3.8) is 0 Å².